The van der Waals surface area contributed by atoms with Crippen LogP contribution in [0.2, 0.25) is 5.02 Å². The van der Waals surface area contributed by atoms with Crippen LogP contribution in [0.5, 0.6) is 5.75 Å². The van der Waals surface area contributed by atoms with Gasteiger partial charge in [0.2, 0.25) is 11.8 Å². The Bertz CT molecular complexity index is 783. The summed E-state index contributed by atoms with van der Waals surface area (Å²) in [6.45, 7) is 2.39. The van der Waals surface area contributed by atoms with Crippen molar-refractivity contribution in [2.24, 2.45) is 0 Å². The van der Waals surface area contributed by atoms with Crippen molar-refractivity contribution < 1.29 is 14.3 Å². The standard InChI is InChI=1S/C21H25ClN2O3S/c1-3-24(15-20(25)23-18-7-4-5-8-19(18)27-2)21(26)9-6-14-28-17-12-10-16(22)11-13-17/h4-5,7-8,10-13H,3,6,9,14-15H2,1-2H3,(H,23,25). The van der Waals surface area contributed by atoms with Gasteiger partial charge in [-0.15, -0.1) is 11.8 Å². The minimum atomic E-state index is -0.241. The quantitative estimate of drug-likeness (QED) is 0.446. The van der Waals surface area contributed by atoms with E-state index in [-0.39, 0.29) is 18.4 Å². The maximum absolute atomic E-state index is 12.4. The van der Waals surface area contributed by atoms with Gasteiger partial charge in [-0.25, -0.2) is 0 Å². The van der Waals surface area contributed by atoms with Crippen molar-refractivity contribution in [1.29, 1.82) is 0 Å². The number of para-hydroxylation sites is 2. The van der Waals surface area contributed by atoms with Crippen LogP contribution >= 0.6 is 23.4 Å². The monoisotopic (exact) mass is 420 g/mol. The number of hydrogen-bond acceptors (Lipinski definition) is 4. The van der Waals surface area contributed by atoms with E-state index in [2.05, 4.69) is 5.32 Å². The van der Waals surface area contributed by atoms with Crippen LogP contribution in [0.4, 0.5) is 5.69 Å². The van der Waals surface area contributed by atoms with Crippen LogP contribution in [0.1, 0.15) is 19.8 Å². The fourth-order valence-corrected chi connectivity index (χ4v) is 3.57. The van der Waals surface area contributed by atoms with Crippen LogP contribution in [0.15, 0.2) is 53.4 Å². The molecule has 2 rings (SSSR count). The number of methoxy groups -OCH3 is 1. The van der Waals surface area contributed by atoms with E-state index >= 15 is 0 Å². The number of rotatable bonds is 10. The predicted molar refractivity (Wildman–Crippen MR) is 115 cm³/mol. The molecule has 0 bridgehead atoms. The first-order chi connectivity index (χ1) is 13.5. The summed E-state index contributed by atoms with van der Waals surface area (Å²) < 4.78 is 5.23. The number of amides is 2. The summed E-state index contributed by atoms with van der Waals surface area (Å²) in [7, 11) is 1.55. The van der Waals surface area contributed by atoms with Gasteiger partial charge >= 0.3 is 0 Å². The number of benzene rings is 2. The Labute approximate surface area is 175 Å². The van der Waals surface area contributed by atoms with Gasteiger partial charge in [0.05, 0.1) is 19.3 Å². The zero-order valence-corrected chi connectivity index (χ0v) is 17.7. The lowest BCUT2D eigenvalue weighted by Gasteiger charge is -2.20. The molecular weight excluding hydrogens is 396 g/mol. The Morgan fingerprint density at radius 3 is 2.54 bits per heavy atom. The maximum Gasteiger partial charge on any atom is 0.244 e. The molecule has 1 N–H and O–H groups in total. The molecular formula is C21H25ClN2O3S. The van der Waals surface area contributed by atoms with Crippen LogP contribution in [0.25, 0.3) is 0 Å². The molecule has 0 aliphatic rings. The lowest BCUT2D eigenvalue weighted by Crippen LogP contribution is -2.37. The van der Waals surface area contributed by atoms with Gasteiger partial charge in [-0.2, -0.15) is 0 Å². The zero-order valence-electron chi connectivity index (χ0n) is 16.1. The number of ether oxygens (including phenoxy) is 1. The molecule has 7 heteroatoms. The Morgan fingerprint density at radius 1 is 1.14 bits per heavy atom. The molecule has 0 fully saturated rings. The lowest BCUT2D eigenvalue weighted by atomic mass is 10.2. The van der Waals surface area contributed by atoms with Gasteiger partial charge in [-0.3, -0.25) is 9.59 Å². The summed E-state index contributed by atoms with van der Waals surface area (Å²) in [5.41, 5.74) is 0.595. The fraction of sp³-hybridized carbons (Fsp3) is 0.333. The van der Waals surface area contributed by atoms with Crippen molar-refractivity contribution in [1.82, 2.24) is 4.90 Å². The number of likely N-dealkylation sites (N-methyl/N-ethyl adjacent to an activating group) is 1. The molecule has 0 unspecified atom stereocenters. The molecule has 0 aliphatic carbocycles. The first-order valence-corrected chi connectivity index (χ1v) is 10.5. The number of nitrogens with one attached hydrogen (secondary N) is 1. The molecule has 28 heavy (non-hydrogen) atoms. The van der Waals surface area contributed by atoms with Crippen molar-refractivity contribution in [3.05, 3.63) is 53.6 Å². The van der Waals surface area contributed by atoms with E-state index in [1.807, 2.05) is 43.3 Å². The molecule has 2 aromatic carbocycles. The summed E-state index contributed by atoms with van der Waals surface area (Å²) >= 11 is 7.56. The minimum Gasteiger partial charge on any atom is -0.495 e. The molecule has 0 aliphatic heterocycles. The summed E-state index contributed by atoms with van der Waals surface area (Å²) in [6.07, 6.45) is 1.16. The Kier molecular flexibility index (Phi) is 9.17. The number of halogens is 1. The number of thioether (sulfide) groups is 1. The summed E-state index contributed by atoms with van der Waals surface area (Å²) in [5, 5.41) is 3.51. The van der Waals surface area contributed by atoms with E-state index in [0.29, 0.717) is 29.4 Å². The topological polar surface area (TPSA) is 58.6 Å². The SMILES string of the molecule is CCN(CC(=O)Nc1ccccc1OC)C(=O)CCCSc1ccc(Cl)cc1. The van der Waals surface area contributed by atoms with E-state index in [9.17, 15) is 9.59 Å². The number of carbonyl (C=O) groups is 2. The second-order valence-corrected chi connectivity index (χ2v) is 7.67. The van der Waals surface area contributed by atoms with Gasteiger partial charge in [0.15, 0.2) is 0 Å². The fourth-order valence-electron chi connectivity index (χ4n) is 2.59. The third-order valence-electron chi connectivity index (χ3n) is 4.07. The highest BCUT2D eigenvalue weighted by Gasteiger charge is 2.16. The number of anilines is 1. The second kappa shape index (κ2) is 11.6. The highest BCUT2D eigenvalue weighted by Crippen LogP contribution is 2.23. The molecule has 5 nitrogen and oxygen atoms in total. The van der Waals surface area contributed by atoms with Crippen LogP contribution in [-0.2, 0) is 9.59 Å². The minimum absolute atomic E-state index is 0.0191. The third-order valence-corrected chi connectivity index (χ3v) is 5.42. The lowest BCUT2D eigenvalue weighted by molar-refractivity contribution is -0.134. The van der Waals surface area contributed by atoms with Gasteiger partial charge in [0.1, 0.15) is 5.75 Å². The van der Waals surface area contributed by atoms with Gasteiger partial charge in [0.25, 0.3) is 0 Å². The van der Waals surface area contributed by atoms with Gasteiger partial charge in [-0.1, -0.05) is 23.7 Å². The van der Waals surface area contributed by atoms with E-state index in [1.165, 1.54) is 0 Å². The largest absolute Gasteiger partial charge is 0.495 e. The van der Waals surface area contributed by atoms with Gasteiger partial charge in [0, 0.05) is 22.9 Å². The van der Waals surface area contributed by atoms with Crippen molar-refractivity contribution in [3.63, 3.8) is 0 Å². The third kappa shape index (κ3) is 7.09. The maximum atomic E-state index is 12.4. The Balaban J connectivity index is 1.77. The molecule has 2 amide bonds. The predicted octanol–water partition coefficient (Wildman–Crippen LogP) is 4.71. The second-order valence-electron chi connectivity index (χ2n) is 6.06. The van der Waals surface area contributed by atoms with E-state index in [0.717, 1.165) is 17.1 Å². The average Bonchev–Trinajstić information content (AvgIpc) is 2.71. The van der Waals surface area contributed by atoms with Crippen LogP contribution in [-0.4, -0.2) is 42.7 Å². The first kappa shape index (κ1) is 22.1. The van der Waals surface area contributed by atoms with E-state index in [1.54, 1.807) is 35.9 Å². The van der Waals surface area contributed by atoms with Crippen LogP contribution < -0.4 is 10.1 Å². The molecule has 150 valence electrons. The van der Waals surface area contributed by atoms with E-state index < -0.39 is 0 Å². The van der Waals surface area contributed by atoms with Crippen molar-refractivity contribution in [3.8, 4) is 5.75 Å². The number of hydrogen-bond donors (Lipinski definition) is 1. The normalized spacial score (nSPS) is 10.4. The molecule has 0 radical (unpaired) electrons. The summed E-state index contributed by atoms with van der Waals surface area (Å²) in [5.74, 6) is 1.16. The Hall–Kier alpha value is -2.18. The smallest absolute Gasteiger partial charge is 0.244 e. The number of carbonyl (C=O) groups excluding carboxylic acids is 2. The van der Waals surface area contributed by atoms with E-state index in [4.69, 9.17) is 16.3 Å². The van der Waals surface area contributed by atoms with Crippen LogP contribution in [0.3, 0.4) is 0 Å². The molecule has 0 saturated carbocycles. The highest BCUT2D eigenvalue weighted by atomic mass is 35.5. The molecule has 0 heterocycles. The molecule has 2 aromatic rings. The molecule has 0 atom stereocenters. The van der Waals surface area contributed by atoms with Crippen LogP contribution in [0, 0.1) is 0 Å². The van der Waals surface area contributed by atoms with Crippen molar-refractivity contribution in [2.75, 3.05) is 31.3 Å². The van der Waals surface area contributed by atoms with Gasteiger partial charge < -0.3 is 15.0 Å². The summed E-state index contributed by atoms with van der Waals surface area (Å²) in [6, 6.07) is 14.8. The molecule has 0 aromatic heterocycles. The average molecular weight is 421 g/mol. The van der Waals surface area contributed by atoms with Crippen molar-refractivity contribution >= 4 is 40.9 Å². The molecule has 0 saturated heterocycles. The Morgan fingerprint density at radius 2 is 1.86 bits per heavy atom. The first-order valence-electron chi connectivity index (χ1n) is 9.12. The number of nitrogens with zero attached hydrogens (tertiary/aromatic N) is 1. The zero-order chi connectivity index (χ0) is 20.4. The van der Waals surface area contributed by atoms with Gasteiger partial charge in [-0.05, 0) is 55.5 Å². The van der Waals surface area contributed by atoms with Crippen molar-refractivity contribution in [2.45, 2.75) is 24.7 Å². The molecule has 0 spiro atoms. The summed E-state index contributed by atoms with van der Waals surface area (Å²) in [4.78, 5) is 27.4. The highest BCUT2D eigenvalue weighted by molar-refractivity contribution is 7.99.